The Labute approximate surface area is 129 Å². The number of rotatable bonds is 4. The summed E-state index contributed by atoms with van der Waals surface area (Å²) in [6, 6.07) is 13.8. The molecule has 0 aliphatic rings. The molecule has 0 fully saturated rings. The van der Waals surface area contributed by atoms with E-state index in [2.05, 4.69) is 42.5 Å². The molecule has 1 N–H and O–H groups in total. The number of nitrogens with zero attached hydrogens (tertiary/aromatic N) is 1. The molecule has 0 aliphatic carbocycles. The van der Waals surface area contributed by atoms with Crippen molar-refractivity contribution in [3.63, 3.8) is 0 Å². The molecular weight excluding hydrogens is 276 g/mol. The van der Waals surface area contributed by atoms with Crippen molar-refractivity contribution < 1.29 is 9.32 Å². The number of hydrogen-bond donors (Lipinski definition) is 1. The summed E-state index contributed by atoms with van der Waals surface area (Å²) in [5, 5.41) is 7.82. The predicted molar refractivity (Wildman–Crippen MR) is 85.5 cm³/mol. The van der Waals surface area contributed by atoms with E-state index in [4.69, 9.17) is 4.52 Å². The first kappa shape index (κ1) is 14.3. The Bertz CT molecular complexity index is 821. The van der Waals surface area contributed by atoms with Crippen LogP contribution in [0.1, 0.15) is 22.4 Å². The molecule has 1 heterocycles. The summed E-state index contributed by atoms with van der Waals surface area (Å²) in [6.07, 6.45) is 0.224. The number of nitrogens with one attached hydrogen (secondary N) is 1. The van der Waals surface area contributed by atoms with Gasteiger partial charge in [0.1, 0.15) is 5.69 Å². The van der Waals surface area contributed by atoms with Crippen LogP contribution < -0.4 is 5.32 Å². The van der Waals surface area contributed by atoms with Crippen molar-refractivity contribution in [3.8, 4) is 0 Å². The summed E-state index contributed by atoms with van der Waals surface area (Å²) in [4.78, 5) is 12.1. The van der Waals surface area contributed by atoms with Gasteiger partial charge in [-0.3, -0.25) is 4.79 Å². The minimum atomic E-state index is -0.0565. The lowest BCUT2D eigenvalue weighted by Crippen LogP contribution is -2.25. The number of carbonyl (C=O) groups is 1. The van der Waals surface area contributed by atoms with E-state index in [9.17, 15) is 4.79 Å². The molecule has 0 unspecified atom stereocenters. The highest BCUT2D eigenvalue weighted by Gasteiger charge is 2.12. The molecule has 2 aromatic carbocycles. The van der Waals surface area contributed by atoms with Crippen LogP contribution in [0.4, 0.5) is 0 Å². The fraction of sp³-hybridized carbons (Fsp3) is 0.222. The number of fused-ring (bicyclic) bond motifs is 1. The standard InChI is InChI=1S/C18H18N2O2/c1-12-7-8-14(13(2)9-12)11-19-18(21)10-16-15-5-3-4-6-17(15)22-20-16/h3-9H,10-11H2,1-2H3,(H,19,21). The fourth-order valence-corrected chi connectivity index (χ4v) is 2.52. The first-order chi connectivity index (χ1) is 10.6. The number of carbonyl (C=O) groups excluding carboxylic acids is 1. The topological polar surface area (TPSA) is 55.1 Å². The molecule has 0 atom stereocenters. The van der Waals surface area contributed by atoms with Crippen molar-refractivity contribution in [3.05, 3.63) is 64.8 Å². The van der Waals surface area contributed by atoms with Gasteiger partial charge in [-0.25, -0.2) is 0 Å². The van der Waals surface area contributed by atoms with Crippen molar-refractivity contribution in [2.45, 2.75) is 26.8 Å². The van der Waals surface area contributed by atoms with Crippen LogP contribution in [0.15, 0.2) is 47.0 Å². The van der Waals surface area contributed by atoms with Crippen LogP contribution in [0.2, 0.25) is 0 Å². The minimum absolute atomic E-state index is 0.0565. The van der Waals surface area contributed by atoms with E-state index in [1.165, 1.54) is 11.1 Å². The molecular formula is C18H18N2O2. The number of aromatic nitrogens is 1. The van der Waals surface area contributed by atoms with Crippen LogP contribution in [0.3, 0.4) is 0 Å². The van der Waals surface area contributed by atoms with Gasteiger partial charge in [0.25, 0.3) is 0 Å². The van der Waals surface area contributed by atoms with Crippen LogP contribution >= 0.6 is 0 Å². The highest BCUT2D eigenvalue weighted by molar-refractivity contribution is 5.86. The zero-order valence-electron chi connectivity index (χ0n) is 12.7. The highest BCUT2D eigenvalue weighted by Crippen LogP contribution is 2.18. The maximum absolute atomic E-state index is 12.1. The Morgan fingerprint density at radius 2 is 2.00 bits per heavy atom. The van der Waals surface area contributed by atoms with E-state index < -0.39 is 0 Å². The second-order valence-electron chi connectivity index (χ2n) is 5.51. The van der Waals surface area contributed by atoms with Crippen molar-refractivity contribution in [2.75, 3.05) is 0 Å². The van der Waals surface area contributed by atoms with Gasteiger partial charge in [-0.2, -0.15) is 0 Å². The van der Waals surface area contributed by atoms with Gasteiger partial charge in [-0.05, 0) is 37.1 Å². The van der Waals surface area contributed by atoms with Crippen molar-refractivity contribution in [1.82, 2.24) is 10.5 Å². The molecule has 4 nitrogen and oxygen atoms in total. The Hall–Kier alpha value is -2.62. The van der Waals surface area contributed by atoms with Gasteiger partial charge in [0.15, 0.2) is 5.58 Å². The van der Waals surface area contributed by atoms with Crippen LogP contribution in [0.5, 0.6) is 0 Å². The Morgan fingerprint density at radius 3 is 2.82 bits per heavy atom. The number of benzene rings is 2. The molecule has 0 saturated heterocycles. The van der Waals surface area contributed by atoms with Crippen LogP contribution in [0.25, 0.3) is 11.0 Å². The quantitative estimate of drug-likeness (QED) is 0.803. The van der Waals surface area contributed by atoms with Gasteiger partial charge in [0, 0.05) is 11.9 Å². The van der Waals surface area contributed by atoms with E-state index in [-0.39, 0.29) is 12.3 Å². The normalized spacial score (nSPS) is 10.8. The smallest absolute Gasteiger partial charge is 0.226 e. The lowest BCUT2D eigenvalue weighted by Gasteiger charge is -2.08. The second kappa shape index (κ2) is 6.02. The van der Waals surface area contributed by atoms with E-state index >= 15 is 0 Å². The first-order valence-corrected chi connectivity index (χ1v) is 7.29. The van der Waals surface area contributed by atoms with Gasteiger partial charge in [-0.1, -0.05) is 41.1 Å². The average Bonchev–Trinajstić information content (AvgIpc) is 2.90. The fourth-order valence-electron chi connectivity index (χ4n) is 2.52. The Kier molecular flexibility index (Phi) is 3.92. The average molecular weight is 294 g/mol. The molecule has 0 radical (unpaired) electrons. The monoisotopic (exact) mass is 294 g/mol. The number of amides is 1. The zero-order chi connectivity index (χ0) is 15.5. The van der Waals surface area contributed by atoms with Crippen LogP contribution in [-0.2, 0) is 17.8 Å². The largest absolute Gasteiger partial charge is 0.356 e. The van der Waals surface area contributed by atoms with E-state index in [0.29, 0.717) is 17.8 Å². The van der Waals surface area contributed by atoms with Gasteiger partial charge < -0.3 is 9.84 Å². The third-order valence-corrected chi connectivity index (χ3v) is 3.75. The molecule has 1 aromatic heterocycles. The third-order valence-electron chi connectivity index (χ3n) is 3.75. The van der Waals surface area contributed by atoms with Crippen molar-refractivity contribution >= 4 is 16.9 Å². The molecule has 4 heteroatoms. The molecule has 1 amide bonds. The SMILES string of the molecule is Cc1ccc(CNC(=O)Cc2noc3ccccc23)c(C)c1. The summed E-state index contributed by atoms with van der Waals surface area (Å²) in [6.45, 7) is 4.64. The molecule has 0 saturated carbocycles. The lowest BCUT2D eigenvalue weighted by atomic mass is 10.1. The van der Waals surface area contributed by atoms with Gasteiger partial charge in [0.05, 0.1) is 6.42 Å². The predicted octanol–water partition coefficient (Wildman–Crippen LogP) is 3.30. The maximum atomic E-state index is 12.1. The molecule has 0 aliphatic heterocycles. The van der Waals surface area contributed by atoms with Crippen molar-refractivity contribution in [2.24, 2.45) is 0 Å². The number of hydrogen-bond acceptors (Lipinski definition) is 3. The summed E-state index contributed by atoms with van der Waals surface area (Å²) in [5.74, 6) is -0.0565. The van der Waals surface area contributed by atoms with Gasteiger partial charge >= 0.3 is 0 Å². The zero-order valence-corrected chi connectivity index (χ0v) is 12.7. The third kappa shape index (κ3) is 3.01. The summed E-state index contributed by atoms with van der Waals surface area (Å²) < 4.78 is 5.21. The van der Waals surface area contributed by atoms with E-state index in [1.807, 2.05) is 24.3 Å². The van der Waals surface area contributed by atoms with Gasteiger partial charge in [-0.15, -0.1) is 0 Å². The van der Waals surface area contributed by atoms with E-state index in [1.54, 1.807) is 0 Å². The second-order valence-corrected chi connectivity index (χ2v) is 5.51. The summed E-state index contributed by atoms with van der Waals surface area (Å²) >= 11 is 0. The minimum Gasteiger partial charge on any atom is -0.356 e. The Balaban J connectivity index is 1.65. The molecule has 3 rings (SSSR count). The Morgan fingerprint density at radius 1 is 1.18 bits per heavy atom. The van der Waals surface area contributed by atoms with Gasteiger partial charge in [0.2, 0.25) is 5.91 Å². The molecule has 0 bridgehead atoms. The number of para-hydroxylation sites is 1. The van der Waals surface area contributed by atoms with Crippen LogP contribution in [0, 0.1) is 13.8 Å². The molecule has 22 heavy (non-hydrogen) atoms. The molecule has 0 spiro atoms. The van der Waals surface area contributed by atoms with Crippen molar-refractivity contribution in [1.29, 1.82) is 0 Å². The number of aryl methyl sites for hydroxylation is 2. The lowest BCUT2D eigenvalue weighted by molar-refractivity contribution is -0.120. The summed E-state index contributed by atoms with van der Waals surface area (Å²) in [5.41, 5.74) is 4.92. The van der Waals surface area contributed by atoms with Crippen LogP contribution in [-0.4, -0.2) is 11.1 Å². The molecule has 3 aromatic rings. The maximum Gasteiger partial charge on any atom is 0.226 e. The first-order valence-electron chi connectivity index (χ1n) is 7.29. The molecule has 112 valence electrons. The highest BCUT2D eigenvalue weighted by atomic mass is 16.5. The summed E-state index contributed by atoms with van der Waals surface area (Å²) in [7, 11) is 0. The van der Waals surface area contributed by atoms with E-state index in [0.717, 1.165) is 10.9 Å².